The summed E-state index contributed by atoms with van der Waals surface area (Å²) in [5.74, 6) is -0.0294. The molecule has 3 nitrogen and oxygen atoms in total. The highest BCUT2D eigenvalue weighted by Crippen LogP contribution is 2.29. The third kappa shape index (κ3) is 3.52. The van der Waals surface area contributed by atoms with Gasteiger partial charge < -0.3 is 10.4 Å². The maximum atomic E-state index is 11.4. The summed E-state index contributed by atoms with van der Waals surface area (Å²) in [6.07, 6.45) is 0. The molecule has 2 aromatic rings. The predicted molar refractivity (Wildman–Crippen MR) is 81.4 cm³/mol. The van der Waals surface area contributed by atoms with E-state index in [4.69, 9.17) is 0 Å². The van der Waals surface area contributed by atoms with Crippen molar-refractivity contribution in [1.82, 2.24) is 0 Å². The minimum atomic E-state index is -0.885. The largest absolute Gasteiger partial charge is 0.478 e. The Hall–Kier alpha value is -1.46. The maximum Gasteiger partial charge on any atom is 0.338 e. The lowest BCUT2D eigenvalue weighted by molar-refractivity contribution is 0.0694. The molecular weight excluding hydrogens is 278 g/mol. The van der Waals surface area contributed by atoms with Gasteiger partial charge in [-0.1, -0.05) is 13.0 Å². The van der Waals surface area contributed by atoms with Crippen molar-refractivity contribution in [1.29, 1.82) is 0 Å². The predicted octanol–water partition coefficient (Wildman–Crippen LogP) is 4.17. The van der Waals surface area contributed by atoms with Crippen LogP contribution in [0.1, 0.15) is 22.8 Å². The lowest BCUT2D eigenvalue weighted by atomic mass is 10.1. The fraction of sp³-hybridized carbons (Fsp3) is 0.214. The van der Waals surface area contributed by atoms with Crippen LogP contribution < -0.4 is 5.32 Å². The van der Waals surface area contributed by atoms with Gasteiger partial charge in [-0.3, -0.25) is 0 Å². The summed E-state index contributed by atoms with van der Waals surface area (Å²) in [6.45, 7) is 2.66. The normalized spacial score (nSPS) is 10.4. The molecule has 1 heterocycles. The van der Waals surface area contributed by atoms with E-state index in [-0.39, 0.29) is 0 Å². The van der Waals surface area contributed by atoms with Crippen LogP contribution >= 0.6 is 23.1 Å². The minimum Gasteiger partial charge on any atom is -0.478 e. The lowest BCUT2D eigenvalue weighted by Gasteiger charge is -2.12. The Morgan fingerprint density at radius 2 is 2.26 bits per heavy atom. The molecule has 0 aliphatic heterocycles. The van der Waals surface area contributed by atoms with Crippen molar-refractivity contribution in [3.05, 3.63) is 46.2 Å². The monoisotopic (exact) mass is 293 g/mol. The minimum absolute atomic E-state index is 0.365. The van der Waals surface area contributed by atoms with Crippen molar-refractivity contribution in [3.8, 4) is 0 Å². The molecule has 0 unspecified atom stereocenters. The van der Waals surface area contributed by atoms with Gasteiger partial charge in [-0.05, 0) is 40.3 Å². The molecule has 0 atom stereocenters. The van der Waals surface area contributed by atoms with Gasteiger partial charge in [-0.2, -0.15) is 11.3 Å². The average molecular weight is 293 g/mol. The van der Waals surface area contributed by atoms with Gasteiger partial charge in [0.25, 0.3) is 0 Å². The van der Waals surface area contributed by atoms with Gasteiger partial charge in [0, 0.05) is 11.4 Å². The third-order valence-corrected chi connectivity index (χ3v) is 4.27. The Labute approximate surface area is 120 Å². The molecule has 5 heteroatoms. The van der Waals surface area contributed by atoms with E-state index < -0.39 is 5.97 Å². The number of anilines is 1. The standard InChI is InChI=1S/C14H15NO2S2/c1-2-19-12-5-3-4-11(13(12)14(16)17)15-8-10-6-7-18-9-10/h3-7,9,15H,2,8H2,1H3,(H,16,17). The number of nitrogens with one attached hydrogen (secondary N) is 1. The van der Waals surface area contributed by atoms with Crippen molar-refractivity contribution in [3.63, 3.8) is 0 Å². The fourth-order valence-electron chi connectivity index (χ4n) is 1.77. The Morgan fingerprint density at radius 3 is 2.89 bits per heavy atom. The van der Waals surface area contributed by atoms with Gasteiger partial charge in [-0.25, -0.2) is 4.79 Å². The zero-order valence-corrected chi connectivity index (χ0v) is 12.2. The molecule has 2 rings (SSSR count). The van der Waals surface area contributed by atoms with Gasteiger partial charge in [-0.15, -0.1) is 11.8 Å². The van der Waals surface area contributed by atoms with Crippen LogP contribution in [-0.2, 0) is 6.54 Å². The van der Waals surface area contributed by atoms with E-state index in [9.17, 15) is 9.90 Å². The zero-order valence-electron chi connectivity index (χ0n) is 10.6. The van der Waals surface area contributed by atoms with Crippen LogP contribution in [0.4, 0.5) is 5.69 Å². The summed E-state index contributed by atoms with van der Waals surface area (Å²) in [6, 6.07) is 7.59. The van der Waals surface area contributed by atoms with Crippen molar-refractivity contribution in [2.24, 2.45) is 0 Å². The Bertz CT molecular complexity index is 553. The number of rotatable bonds is 6. The fourth-order valence-corrected chi connectivity index (χ4v) is 3.26. The van der Waals surface area contributed by atoms with E-state index in [1.165, 1.54) is 0 Å². The summed E-state index contributed by atoms with van der Waals surface area (Å²) in [4.78, 5) is 12.2. The van der Waals surface area contributed by atoms with E-state index in [1.807, 2.05) is 36.6 Å². The maximum absolute atomic E-state index is 11.4. The number of aromatic carboxylic acids is 1. The van der Waals surface area contributed by atoms with E-state index in [0.29, 0.717) is 17.8 Å². The van der Waals surface area contributed by atoms with Crippen molar-refractivity contribution in [2.75, 3.05) is 11.1 Å². The second kappa shape index (κ2) is 6.63. The molecule has 2 N–H and O–H groups in total. The van der Waals surface area contributed by atoms with Crippen molar-refractivity contribution >= 4 is 34.8 Å². The molecule has 0 saturated heterocycles. The Morgan fingerprint density at radius 1 is 1.42 bits per heavy atom. The van der Waals surface area contributed by atoms with Gasteiger partial charge in [0.15, 0.2) is 0 Å². The van der Waals surface area contributed by atoms with Crippen molar-refractivity contribution < 1.29 is 9.90 Å². The van der Waals surface area contributed by atoms with E-state index >= 15 is 0 Å². The summed E-state index contributed by atoms with van der Waals surface area (Å²) in [7, 11) is 0. The van der Waals surface area contributed by atoms with E-state index in [1.54, 1.807) is 23.1 Å². The summed E-state index contributed by atoms with van der Waals surface area (Å²) >= 11 is 3.19. The second-order valence-corrected chi connectivity index (χ2v) is 5.99. The van der Waals surface area contributed by atoms with Crippen LogP contribution in [0.2, 0.25) is 0 Å². The molecule has 0 aliphatic carbocycles. The van der Waals surface area contributed by atoms with Crippen LogP contribution in [0.15, 0.2) is 39.9 Å². The van der Waals surface area contributed by atoms with Gasteiger partial charge in [0.1, 0.15) is 0 Å². The van der Waals surface area contributed by atoms with Crippen molar-refractivity contribution in [2.45, 2.75) is 18.4 Å². The lowest BCUT2D eigenvalue weighted by Crippen LogP contribution is -2.07. The number of carbonyl (C=O) groups is 1. The topological polar surface area (TPSA) is 49.3 Å². The molecule has 0 saturated carbocycles. The Balaban J connectivity index is 2.23. The first kappa shape index (κ1) is 14.0. The highest BCUT2D eigenvalue weighted by molar-refractivity contribution is 7.99. The molecule has 0 radical (unpaired) electrons. The molecule has 100 valence electrons. The molecule has 0 amide bonds. The zero-order chi connectivity index (χ0) is 13.7. The molecule has 0 spiro atoms. The third-order valence-electron chi connectivity index (χ3n) is 2.60. The first-order chi connectivity index (χ1) is 9.22. The van der Waals surface area contributed by atoms with Gasteiger partial charge >= 0.3 is 5.97 Å². The number of hydrogen-bond donors (Lipinski definition) is 2. The van der Waals surface area contributed by atoms with E-state index in [0.717, 1.165) is 16.2 Å². The summed E-state index contributed by atoms with van der Waals surface area (Å²) in [5, 5.41) is 16.7. The first-order valence-corrected chi connectivity index (χ1v) is 7.89. The summed E-state index contributed by atoms with van der Waals surface area (Å²) < 4.78 is 0. The molecular formula is C14H15NO2S2. The number of carboxylic acid groups (broad SMARTS) is 1. The van der Waals surface area contributed by atoms with Gasteiger partial charge in [0.05, 0.1) is 11.3 Å². The van der Waals surface area contributed by atoms with Crippen LogP contribution in [0, 0.1) is 0 Å². The highest BCUT2D eigenvalue weighted by atomic mass is 32.2. The molecule has 19 heavy (non-hydrogen) atoms. The molecule has 1 aromatic heterocycles. The smallest absolute Gasteiger partial charge is 0.338 e. The first-order valence-electron chi connectivity index (χ1n) is 5.96. The van der Waals surface area contributed by atoms with Crippen LogP contribution in [0.25, 0.3) is 0 Å². The van der Waals surface area contributed by atoms with Crippen LogP contribution in [0.3, 0.4) is 0 Å². The average Bonchev–Trinajstić information content (AvgIpc) is 2.89. The summed E-state index contributed by atoms with van der Waals surface area (Å²) in [5.41, 5.74) is 2.21. The van der Waals surface area contributed by atoms with Gasteiger partial charge in [0.2, 0.25) is 0 Å². The number of hydrogen-bond acceptors (Lipinski definition) is 4. The molecule has 0 bridgehead atoms. The quantitative estimate of drug-likeness (QED) is 0.785. The number of thiophene rings is 1. The van der Waals surface area contributed by atoms with Crippen LogP contribution in [-0.4, -0.2) is 16.8 Å². The molecule has 0 aliphatic rings. The number of thioether (sulfide) groups is 1. The Kier molecular flexibility index (Phi) is 4.87. The number of benzene rings is 1. The molecule has 0 fully saturated rings. The van der Waals surface area contributed by atoms with E-state index in [2.05, 4.69) is 10.7 Å². The van der Waals surface area contributed by atoms with Crippen LogP contribution in [0.5, 0.6) is 0 Å². The number of carboxylic acids is 1. The molecule has 1 aromatic carbocycles. The SMILES string of the molecule is CCSc1cccc(NCc2ccsc2)c1C(=O)O. The highest BCUT2D eigenvalue weighted by Gasteiger charge is 2.15. The second-order valence-electron chi connectivity index (χ2n) is 3.90.